The van der Waals surface area contributed by atoms with Crippen molar-refractivity contribution in [3.05, 3.63) is 60.2 Å². The summed E-state index contributed by atoms with van der Waals surface area (Å²) >= 11 is 0. The maximum atomic E-state index is 12.2. The van der Waals surface area contributed by atoms with Crippen LogP contribution < -0.4 is 5.32 Å². The molecule has 1 aliphatic rings. The Hall–Kier alpha value is -2.62. The number of hydrogen-bond donors (Lipinski definition) is 1. The van der Waals surface area contributed by atoms with Crippen molar-refractivity contribution >= 4 is 23.1 Å². The molecule has 0 radical (unpaired) electrons. The van der Waals surface area contributed by atoms with Crippen LogP contribution in [0.3, 0.4) is 0 Å². The zero-order valence-corrected chi connectivity index (χ0v) is 11.7. The molecule has 0 saturated carbocycles. The lowest BCUT2D eigenvalue weighted by atomic mass is 9.99. The lowest BCUT2D eigenvalue weighted by Gasteiger charge is -2.26. The van der Waals surface area contributed by atoms with Gasteiger partial charge >= 0.3 is 5.97 Å². The van der Waals surface area contributed by atoms with E-state index in [1.807, 2.05) is 54.6 Å². The SMILES string of the molecule is CCOC(=O)C1=Nc2ccccc2NC1c1ccccc1. The van der Waals surface area contributed by atoms with Gasteiger partial charge in [-0.15, -0.1) is 0 Å². The van der Waals surface area contributed by atoms with Crippen LogP contribution in [-0.4, -0.2) is 18.3 Å². The maximum absolute atomic E-state index is 12.2. The zero-order valence-electron chi connectivity index (χ0n) is 11.7. The van der Waals surface area contributed by atoms with Crippen molar-refractivity contribution in [1.29, 1.82) is 0 Å². The van der Waals surface area contributed by atoms with Gasteiger partial charge in [-0.05, 0) is 24.6 Å². The molecule has 0 amide bonds. The maximum Gasteiger partial charge on any atom is 0.355 e. The second-order valence-electron chi connectivity index (χ2n) is 4.72. The molecule has 2 aromatic rings. The quantitative estimate of drug-likeness (QED) is 0.876. The van der Waals surface area contributed by atoms with E-state index < -0.39 is 0 Å². The Kier molecular flexibility index (Phi) is 3.69. The molecule has 1 N–H and O–H groups in total. The van der Waals surface area contributed by atoms with Gasteiger partial charge in [-0.3, -0.25) is 0 Å². The minimum atomic E-state index is -0.381. The molecule has 4 heteroatoms. The first kappa shape index (κ1) is 13.4. The van der Waals surface area contributed by atoms with E-state index in [2.05, 4.69) is 10.3 Å². The van der Waals surface area contributed by atoms with Crippen LogP contribution >= 0.6 is 0 Å². The fourth-order valence-corrected chi connectivity index (χ4v) is 2.37. The molecule has 0 aromatic heterocycles. The molecule has 1 heterocycles. The van der Waals surface area contributed by atoms with Crippen molar-refractivity contribution in [2.75, 3.05) is 11.9 Å². The van der Waals surface area contributed by atoms with Gasteiger partial charge in [0.15, 0.2) is 5.71 Å². The summed E-state index contributed by atoms with van der Waals surface area (Å²) in [4.78, 5) is 16.7. The molecule has 1 atom stereocenters. The standard InChI is InChI=1S/C17H16N2O2/c1-2-21-17(20)16-15(12-8-4-3-5-9-12)18-13-10-6-7-11-14(13)19-16/h3-11,15,18H,2H2,1H3. The Balaban J connectivity index is 2.05. The number of anilines is 1. The summed E-state index contributed by atoms with van der Waals surface area (Å²) in [6.07, 6.45) is 0. The molecule has 0 spiro atoms. The smallest absolute Gasteiger partial charge is 0.355 e. The van der Waals surface area contributed by atoms with E-state index in [1.54, 1.807) is 6.92 Å². The number of ether oxygens (including phenoxy) is 1. The van der Waals surface area contributed by atoms with Crippen LogP contribution in [-0.2, 0) is 9.53 Å². The first-order chi connectivity index (χ1) is 10.3. The average Bonchev–Trinajstić information content (AvgIpc) is 2.54. The van der Waals surface area contributed by atoms with Crippen molar-refractivity contribution in [2.45, 2.75) is 13.0 Å². The van der Waals surface area contributed by atoms with Gasteiger partial charge in [-0.2, -0.15) is 0 Å². The molecule has 106 valence electrons. The van der Waals surface area contributed by atoms with Crippen LogP contribution in [0, 0.1) is 0 Å². The predicted molar refractivity (Wildman–Crippen MR) is 83.0 cm³/mol. The molecule has 1 unspecified atom stereocenters. The molecular formula is C17H16N2O2. The lowest BCUT2D eigenvalue weighted by molar-refractivity contribution is -0.135. The van der Waals surface area contributed by atoms with Crippen LogP contribution in [0.4, 0.5) is 11.4 Å². The summed E-state index contributed by atoms with van der Waals surface area (Å²) in [5.41, 5.74) is 3.05. The highest BCUT2D eigenvalue weighted by Gasteiger charge is 2.29. The van der Waals surface area contributed by atoms with Crippen molar-refractivity contribution in [2.24, 2.45) is 4.99 Å². The van der Waals surface area contributed by atoms with Crippen molar-refractivity contribution in [3.8, 4) is 0 Å². The summed E-state index contributed by atoms with van der Waals surface area (Å²) < 4.78 is 5.14. The van der Waals surface area contributed by atoms with Crippen molar-refractivity contribution in [3.63, 3.8) is 0 Å². The lowest BCUT2D eigenvalue weighted by Crippen LogP contribution is -2.31. The number of nitrogens with zero attached hydrogens (tertiary/aromatic N) is 1. The van der Waals surface area contributed by atoms with E-state index in [0.29, 0.717) is 12.3 Å². The average molecular weight is 280 g/mol. The number of carbonyl (C=O) groups is 1. The minimum Gasteiger partial charge on any atom is -0.461 e. The molecule has 0 bridgehead atoms. The number of hydrogen-bond acceptors (Lipinski definition) is 4. The Bertz CT molecular complexity index is 680. The summed E-state index contributed by atoms with van der Waals surface area (Å²) in [7, 11) is 0. The van der Waals surface area contributed by atoms with Crippen LogP contribution in [0.2, 0.25) is 0 Å². The third kappa shape index (κ3) is 2.65. The molecule has 1 aliphatic heterocycles. The van der Waals surface area contributed by atoms with E-state index >= 15 is 0 Å². The first-order valence-electron chi connectivity index (χ1n) is 6.96. The van der Waals surface area contributed by atoms with Gasteiger partial charge in [0.25, 0.3) is 0 Å². The van der Waals surface area contributed by atoms with Crippen LogP contribution in [0.5, 0.6) is 0 Å². The van der Waals surface area contributed by atoms with E-state index in [1.165, 1.54) is 0 Å². The highest BCUT2D eigenvalue weighted by Crippen LogP contribution is 2.34. The second-order valence-corrected chi connectivity index (χ2v) is 4.72. The monoisotopic (exact) mass is 280 g/mol. The largest absolute Gasteiger partial charge is 0.461 e. The van der Waals surface area contributed by atoms with Gasteiger partial charge in [0, 0.05) is 0 Å². The Labute approximate surface area is 123 Å². The van der Waals surface area contributed by atoms with E-state index in [-0.39, 0.29) is 12.0 Å². The van der Waals surface area contributed by atoms with Crippen molar-refractivity contribution < 1.29 is 9.53 Å². The number of fused-ring (bicyclic) bond motifs is 1. The number of aliphatic imine (C=N–C) groups is 1. The Morgan fingerprint density at radius 1 is 1.14 bits per heavy atom. The highest BCUT2D eigenvalue weighted by atomic mass is 16.5. The third-order valence-electron chi connectivity index (χ3n) is 3.34. The summed E-state index contributed by atoms with van der Waals surface area (Å²) in [6, 6.07) is 17.2. The van der Waals surface area contributed by atoms with Gasteiger partial charge < -0.3 is 10.1 Å². The molecule has 0 aliphatic carbocycles. The molecule has 0 saturated heterocycles. The highest BCUT2D eigenvalue weighted by molar-refractivity contribution is 6.40. The molecule has 21 heavy (non-hydrogen) atoms. The number of benzene rings is 2. The number of carbonyl (C=O) groups excluding carboxylic acids is 1. The Morgan fingerprint density at radius 3 is 2.62 bits per heavy atom. The second kappa shape index (κ2) is 5.79. The molecular weight excluding hydrogens is 264 g/mol. The number of nitrogens with one attached hydrogen (secondary N) is 1. The topological polar surface area (TPSA) is 50.7 Å². The van der Waals surface area contributed by atoms with Crippen LogP contribution in [0.25, 0.3) is 0 Å². The van der Waals surface area contributed by atoms with Crippen LogP contribution in [0.1, 0.15) is 18.5 Å². The molecule has 4 nitrogen and oxygen atoms in total. The van der Waals surface area contributed by atoms with E-state index in [4.69, 9.17) is 4.74 Å². The summed E-state index contributed by atoms with van der Waals surface area (Å²) in [6.45, 7) is 2.13. The van der Waals surface area contributed by atoms with Crippen molar-refractivity contribution in [1.82, 2.24) is 0 Å². The number of rotatable bonds is 3. The molecule has 3 rings (SSSR count). The normalized spacial score (nSPS) is 16.4. The number of esters is 1. The van der Waals surface area contributed by atoms with Gasteiger partial charge in [-0.1, -0.05) is 42.5 Å². The predicted octanol–water partition coefficient (Wildman–Crippen LogP) is 3.49. The summed E-state index contributed by atoms with van der Waals surface area (Å²) in [5.74, 6) is -0.381. The van der Waals surface area contributed by atoms with Crippen LogP contribution in [0.15, 0.2) is 59.6 Å². The fraction of sp³-hybridized carbons (Fsp3) is 0.176. The molecule has 2 aromatic carbocycles. The van der Waals surface area contributed by atoms with Gasteiger partial charge in [-0.25, -0.2) is 9.79 Å². The Morgan fingerprint density at radius 2 is 1.86 bits per heavy atom. The van der Waals surface area contributed by atoms with Gasteiger partial charge in [0.1, 0.15) is 6.04 Å². The van der Waals surface area contributed by atoms with E-state index in [9.17, 15) is 4.79 Å². The third-order valence-corrected chi connectivity index (χ3v) is 3.34. The number of para-hydroxylation sites is 2. The van der Waals surface area contributed by atoms with Gasteiger partial charge in [0.2, 0.25) is 0 Å². The van der Waals surface area contributed by atoms with E-state index in [0.717, 1.165) is 16.9 Å². The molecule has 0 fully saturated rings. The zero-order chi connectivity index (χ0) is 14.7. The first-order valence-corrected chi connectivity index (χ1v) is 6.96. The fourth-order valence-electron chi connectivity index (χ4n) is 2.37. The van der Waals surface area contributed by atoms with Gasteiger partial charge in [0.05, 0.1) is 18.0 Å². The summed E-state index contributed by atoms with van der Waals surface area (Å²) in [5, 5.41) is 3.37. The minimum absolute atomic E-state index is 0.292.